The molecule has 0 saturated carbocycles. The Morgan fingerprint density at radius 3 is 1.64 bits per heavy atom. The monoisotopic (exact) mass is 314 g/mol. The summed E-state index contributed by atoms with van der Waals surface area (Å²) in [5, 5.41) is 0. The standard InChI is InChI=1S/C19H38O3/c1-2-3-4-5-6-7-8-9-10-11-12-13-16-21-22-17-14-15-19-18-20-19/h19H,2-18H2,1H3. The van der Waals surface area contributed by atoms with Gasteiger partial charge < -0.3 is 4.74 Å². The maximum atomic E-state index is 5.19. The molecule has 1 aliphatic rings. The summed E-state index contributed by atoms with van der Waals surface area (Å²) in [6.07, 6.45) is 19.2. The first-order chi connectivity index (χ1) is 10.9. The van der Waals surface area contributed by atoms with Crippen molar-refractivity contribution in [3.63, 3.8) is 0 Å². The molecule has 0 aliphatic carbocycles. The van der Waals surface area contributed by atoms with Gasteiger partial charge in [0.05, 0.1) is 25.9 Å². The van der Waals surface area contributed by atoms with Crippen molar-refractivity contribution in [2.75, 3.05) is 19.8 Å². The van der Waals surface area contributed by atoms with Crippen LogP contribution in [-0.2, 0) is 14.5 Å². The predicted octanol–water partition coefficient (Wildman–Crippen LogP) is 5.81. The molecule has 0 spiro atoms. The van der Waals surface area contributed by atoms with Crippen molar-refractivity contribution in [3.05, 3.63) is 0 Å². The SMILES string of the molecule is CCCCCCCCCCCCCCOOCCCC1CO1. The van der Waals surface area contributed by atoms with Crippen LogP contribution < -0.4 is 0 Å². The molecule has 1 heterocycles. The highest BCUT2D eigenvalue weighted by Crippen LogP contribution is 2.15. The molecular weight excluding hydrogens is 276 g/mol. The number of hydrogen-bond acceptors (Lipinski definition) is 3. The molecule has 0 radical (unpaired) electrons. The van der Waals surface area contributed by atoms with Crippen LogP contribution in [0.1, 0.15) is 96.8 Å². The fourth-order valence-corrected chi connectivity index (χ4v) is 2.72. The molecule has 22 heavy (non-hydrogen) atoms. The van der Waals surface area contributed by atoms with Crippen LogP contribution in [0.25, 0.3) is 0 Å². The molecule has 1 aliphatic heterocycles. The van der Waals surface area contributed by atoms with E-state index in [1.807, 2.05) is 0 Å². The number of rotatable bonds is 18. The maximum absolute atomic E-state index is 5.19. The lowest BCUT2D eigenvalue weighted by Gasteiger charge is -2.04. The van der Waals surface area contributed by atoms with Crippen LogP contribution >= 0.6 is 0 Å². The molecule has 0 N–H and O–H groups in total. The number of hydrogen-bond donors (Lipinski definition) is 0. The van der Waals surface area contributed by atoms with Crippen molar-refractivity contribution in [1.29, 1.82) is 0 Å². The zero-order valence-electron chi connectivity index (χ0n) is 14.8. The average molecular weight is 315 g/mol. The fraction of sp³-hybridized carbons (Fsp3) is 1.00. The Balaban J connectivity index is 1.59. The lowest BCUT2D eigenvalue weighted by atomic mass is 10.1. The van der Waals surface area contributed by atoms with Crippen molar-refractivity contribution < 1.29 is 14.5 Å². The van der Waals surface area contributed by atoms with Gasteiger partial charge in [0.25, 0.3) is 0 Å². The second-order valence-electron chi connectivity index (χ2n) is 6.63. The number of ether oxygens (including phenoxy) is 1. The molecule has 0 bridgehead atoms. The summed E-state index contributed by atoms with van der Waals surface area (Å²) in [6.45, 7) is 4.68. The molecule has 0 aromatic rings. The molecule has 3 nitrogen and oxygen atoms in total. The Bertz CT molecular complexity index is 217. The molecule has 0 aromatic heterocycles. The minimum Gasteiger partial charge on any atom is -0.373 e. The van der Waals surface area contributed by atoms with Crippen molar-refractivity contribution in [2.24, 2.45) is 0 Å². The smallest absolute Gasteiger partial charge is 0.0823 e. The van der Waals surface area contributed by atoms with Gasteiger partial charge in [-0.15, -0.1) is 0 Å². The first kappa shape index (κ1) is 19.9. The molecular formula is C19H38O3. The van der Waals surface area contributed by atoms with Crippen LogP contribution in [0.15, 0.2) is 0 Å². The highest BCUT2D eigenvalue weighted by Gasteiger charge is 2.21. The third-order valence-electron chi connectivity index (χ3n) is 4.32. The Labute approximate surface area is 138 Å². The van der Waals surface area contributed by atoms with Crippen LogP contribution in [0.4, 0.5) is 0 Å². The predicted molar refractivity (Wildman–Crippen MR) is 92.0 cm³/mol. The lowest BCUT2D eigenvalue weighted by molar-refractivity contribution is -0.295. The summed E-state index contributed by atoms with van der Waals surface area (Å²) in [4.78, 5) is 10.3. The van der Waals surface area contributed by atoms with E-state index in [0.717, 1.165) is 32.5 Å². The normalized spacial score (nSPS) is 17.0. The van der Waals surface area contributed by atoms with Crippen LogP contribution in [-0.4, -0.2) is 25.9 Å². The summed E-state index contributed by atoms with van der Waals surface area (Å²) in [5.41, 5.74) is 0. The first-order valence-corrected chi connectivity index (χ1v) is 9.79. The van der Waals surface area contributed by atoms with E-state index in [1.54, 1.807) is 0 Å². The molecule has 1 rings (SSSR count). The summed E-state index contributed by atoms with van der Waals surface area (Å²) >= 11 is 0. The first-order valence-electron chi connectivity index (χ1n) is 9.79. The van der Waals surface area contributed by atoms with Gasteiger partial charge in [0.2, 0.25) is 0 Å². The topological polar surface area (TPSA) is 31.0 Å². The van der Waals surface area contributed by atoms with E-state index >= 15 is 0 Å². The zero-order chi connectivity index (χ0) is 15.7. The highest BCUT2D eigenvalue weighted by molar-refractivity contribution is 4.67. The minimum atomic E-state index is 0.514. The van der Waals surface area contributed by atoms with Gasteiger partial charge in [-0.2, -0.15) is 0 Å². The molecule has 1 fully saturated rings. The lowest BCUT2D eigenvalue weighted by Crippen LogP contribution is -2.00. The second kappa shape index (κ2) is 15.8. The quantitative estimate of drug-likeness (QED) is 0.138. The van der Waals surface area contributed by atoms with Gasteiger partial charge in [0.1, 0.15) is 0 Å². The maximum Gasteiger partial charge on any atom is 0.0823 e. The van der Waals surface area contributed by atoms with Gasteiger partial charge in [-0.1, -0.05) is 77.6 Å². The summed E-state index contributed by atoms with van der Waals surface area (Å²) in [6, 6.07) is 0. The van der Waals surface area contributed by atoms with E-state index < -0.39 is 0 Å². The van der Waals surface area contributed by atoms with Crippen molar-refractivity contribution in [1.82, 2.24) is 0 Å². The van der Waals surface area contributed by atoms with Crippen molar-refractivity contribution in [2.45, 2.75) is 103 Å². The van der Waals surface area contributed by atoms with Crippen LogP contribution in [0.2, 0.25) is 0 Å². The van der Waals surface area contributed by atoms with E-state index in [1.165, 1.54) is 70.6 Å². The summed E-state index contributed by atoms with van der Waals surface area (Å²) in [5.74, 6) is 0. The van der Waals surface area contributed by atoms with Gasteiger partial charge in [0, 0.05) is 0 Å². The Morgan fingerprint density at radius 2 is 1.14 bits per heavy atom. The number of epoxide rings is 1. The van der Waals surface area contributed by atoms with Crippen LogP contribution in [0.5, 0.6) is 0 Å². The Morgan fingerprint density at radius 1 is 0.682 bits per heavy atom. The van der Waals surface area contributed by atoms with Gasteiger partial charge in [-0.3, -0.25) is 0 Å². The van der Waals surface area contributed by atoms with E-state index in [9.17, 15) is 0 Å². The third kappa shape index (κ3) is 14.8. The number of unbranched alkanes of at least 4 members (excludes halogenated alkanes) is 11. The second-order valence-corrected chi connectivity index (χ2v) is 6.63. The zero-order valence-corrected chi connectivity index (χ0v) is 14.8. The molecule has 1 atom stereocenters. The van der Waals surface area contributed by atoms with Crippen LogP contribution in [0, 0.1) is 0 Å². The Kier molecular flexibility index (Phi) is 14.3. The summed E-state index contributed by atoms with van der Waals surface area (Å²) < 4.78 is 5.14. The molecule has 0 amide bonds. The highest BCUT2D eigenvalue weighted by atomic mass is 17.2. The molecule has 132 valence electrons. The largest absolute Gasteiger partial charge is 0.373 e. The van der Waals surface area contributed by atoms with Gasteiger partial charge in [-0.05, 0) is 19.3 Å². The third-order valence-corrected chi connectivity index (χ3v) is 4.32. The Hall–Kier alpha value is -0.120. The van der Waals surface area contributed by atoms with Gasteiger partial charge in [-0.25, -0.2) is 9.78 Å². The molecule has 0 aromatic carbocycles. The van der Waals surface area contributed by atoms with Gasteiger partial charge >= 0.3 is 0 Å². The van der Waals surface area contributed by atoms with Gasteiger partial charge in [0.15, 0.2) is 0 Å². The van der Waals surface area contributed by atoms with E-state index in [-0.39, 0.29) is 0 Å². The van der Waals surface area contributed by atoms with Crippen LogP contribution in [0.3, 0.4) is 0 Å². The summed E-state index contributed by atoms with van der Waals surface area (Å²) in [7, 11) is 0. The average Bonchev–Trinajstić information content (AvgIpc) is 3.34. The molecule has 3 heteroatoms. The minimum absolute atomic E-state index is 0.514. The molecule has 1 unspecified atom stereocenters. The molecule has 1 saturated heterocycles. The van der Waals surface area contributed by atoms with E-state index in [2.05, 4.69) is 6.92 Å². The van der Waals surface area contributed by atoms with E-state index in [0.29, 0.717) is 12.7 Å². The van der Waals surface area contributed by atoms with E-state index in [4.69, 9.17) is 14.5 Å². The fourth-order valence-electron chi connectivity index (χ4n) is 2.72. The van der Waals surface area contributed by atoms with Crippen molar-refractivity contribution >= 4 is 0 Å². The van der Waals surface area contributed by atoms with Crippen molar-refractivity contribution in [3.8, 4) is 0 Å².